The summed E-state index contributed by atoms with van der Waals surface area (Å²) in [4.78, 5) is 16.3. The molecule has 1 aromatic carbocycles. The van der Waals surface area contributed by atoms with Crippen molar-refractivity contribution in [3.05, 3.63) is 65.1 Å². The zero-order chi connectivity index (χ0) is 16.9. The van der Waals surface area contributed by atoms with Gasteiger partial charge in [0.25, 0.3) is 5.91 Å². The van der Waals surface area contributed by atoms with Gasteiger partial charge in [0.2, 0.25) is 0 Å². The molecule has 6 heteroatoms. The van der Waals surface area contributed by atoms with E-state index in [0.717, 1.165) is 17.8 Å². The quantitative estimate of drug-likeness (QED) is 0.747. The molecule has 0 spiro atoms. The van der Waals surface area contributed by atoms with Gasteiger partial charge in [-0.2, -0.15) is 0 Å². The molecule has 0 atom stereocenters. The van der Waals surface area contributed by atoms with Crippen LogP contribution in [-0.4, -0.2) is 21.9 Å². The van der Waals surface area contributed by atoms with Crippen LogP contribution >= 0.6 is 11.6 Å². The first-order chi connectivity index (χ1) is 11.6. The maximum atomic E-state index is 11.9. The van der Waals surface area contributed by atoms with Crippen molar-refractivity contribution in [2.45, 2.75) is 19.9 Å². The van der Waals surface area contributed by atoms with E-state index in [0.29, 0.717) is 17.3 Å². The van der Waals surface area contributed by atoms with Gasteiger partial charge in [0, 0.05) is 12.4 Å². The fourth-order valence-corrected chi connectivity index (χ4v) is 2.48. The lowest BCUT2D eigenvalue weighted by molar-refractivity contribution is -0.123. The number of carbonyl (C=O) groups excluding carboxylic acids is 1. The van der Waals surface area contributed by atoms with Crippen LogP contribution in [0.4, 0.5) is 0 Å². The average Bonchev–Trinajstić information content (AvgIpc) is 3.00. The molecule has 0 fully saturated rings. The second-order valence-corrected chi connectivity index (χ2v) is 5.84. The number of nitrogens with one attached hydrogen (secondary N) is 1. The molecule has 3 rings (SSSR count). The first-order valence-corrected chi connectivity index (χ1v) is 8.13. The molecule has 0 bridgehead atoms. The molecule has 1 amide bonds. The molecule has 1 N–H and O–H groups in total. The molecule has 0 aliphatic heterocycles. The summed E-state index contributed by atoms with van der Waals surface area (Å²) in [5.74, 6) is 0.495. The van der Waals surface area contributed by atoms with E-state index >= 15 is 0 Å². The Balaban J connectivity index is 1.50. The number of benzene rings is 1. The summed E-state index contributed by atoms with van der Waals surface area (Å²) in [7, 11) is 0. The van der Waals surface area contributed by atoms with Crippen LogP contribution in [0.15, 0.2) is 48.8 Å². The van der Waals surface area contributed by atoms with E-state index in [9.17, 15) is 4.79 Å². The fraction of sp³-hybridized carbons (Fsp3) is 0.222. The largest absolute Gasteiger partial charge is 0.484 e. The number of hydrogen-bond donors (Lipinski definition) is 1. The third kappa shape index (κ3) is 4.06. The number of nitrogens with zero attached hydrogens (tertiary/aromatic N) is 2. The molecule has 124 valence electrons. The average molecular weight is 344 g/mol. The van der Waals surface area contributed by atoms with Crippen molar-refractivity contribution < 1.29 is 9.53 Å². The summed E-state index contributed by atoms with van der Waals surface area (Å²) < 4.78 is 7.30. The van der Waals surface area contributed by atoms with Crippen LogP contribution < -0.4 is 10.1 Å². The molecule has 2 heterocycles. The van der Waals surface area contributed by atoms with E-state index in [4.69, 9.17) is 16.3 Å². The first kappa shape index (κ1) is 16.3. The lowest BCUT2D eigenvalue weighted by Gasteiger charge is -2.07. The maximum absolute atomic E-state index is 11.9. The Hall–Kier alpha value is -2.53. The van der Waals surface area contributed by atoms with Gasteiger partial charge in [-0.25, -0.2) is 4.98 Å². The van der Waals surface area contributed by atoms with E-state index in [1.165, 1.54) is 5.56 Å². The number of pyridine rings is 1. The minimum Gasteiger partial charge on any atom is -0.484 e. The molecule has 5 nitrogen and oxygen atoms in total. The summed E-state index contributed by atoms with van der Waals surface area (Å²) >= 11 is 5.94. The predicted octanol–water partition coefficient (Wildman–Crippen LogP) is 3.25. The van der Waals surface area contributed by atoms with Gasteiger partial charge in [0.1, 0.15) is 11.4 Å². The van der Waals surface area contributed by atoms with E-state index in [1.54, 1.807) is 12.3 Å². The van der Waals surface area contributed by atoms with Gasteiger partial charge in [-0.15, -0.1) is 0 Å². The molecule has 3 aromatic rings. The highest BCUT2D eigenvalue weighted by atomic mass is 35.5. The van der Waals surface area contributed by atoms with Crippen molar-refractivity contribution in [2.24, 2.45) is 0 Å². The van der Waals surface area contributed by atoms with Crippen LogP contribution in [0.25, 0.3) is 5.65 Å². The molecule has 0 saturated carbocycles. The molecular weight excluding hydrogens is 326 g/mol. The van der Waals surface area contributed by atoms with Crippen LogP contribution in [0.1, 0.15) is 18.2 Å². The predicted molar refractivity (Wildman–Crippen MR) is 93.4 cm³/mol. The minimum absolute atomic E-state index is 0.0231. The molecule has 0 saturated heterocycles. The number of aryl methyl sites for hydroxylation is 1. The van der Waals surface area contributed by atoms with Crippen LogP contribution in [-0.2, 0) is 17.8 Å². The fourth-order valence-electron chi connectivity index (χ4n) is 2.31. The van der Waals surface area contributed by atoms with Gasteiger partial charge in [-0.1, -0.05) is 30.7 Å². The van der Waals surface area contributed by atoms with E-state index in [1.807, 2.05) is 40.9 Å². The van der Waals surface area contributed by atoms with Gasteiger partial charge >= 0.3 is 0 Å². The van der Waals surface area contributed by atoms with Crippen molar-refractivity contribution in [1.29, 1.82) is 0 Å². The van der Waals surface area contributed by atoms with Gasteiger partial charge in [0.15, 0.2) is 6.61 Å². The Labute approximate surface area is 145 Å². The highest BCUT2D eigenvalue weighted by Crippen LogP contribution is 2.13. The lowest BCUT2D eigenvalue weighted by Crippen LogP contribution is -2.28. The number of hydrogen-bond acceptors (Lipinski definition) is 3. The Bertz CT molecular complexity index is 843. The number of fused-ring (bicyclic) bond motifs is 1. The maximum Gasteiger partial charge on any atom is 0.258 e. The molecule has 2 aromatic heterocycles. The number of imidazole rings is 1. The number of rotatable bonds is 6. The summed E-state index contributed by atoms with van der Waals surface area (Å²) in [6.45, 7) is 2.41. The lowest BCUT2D eigenvalue weighted by atomic mass is 10.2. The van der Waals surface area contributed by atoms with Crippen molar-refractivity contribution in [1.82, 2.24) is 14.7 Å². The SMILES string of the molecule is CCc1ccc(OCC(=O)NCc2cn3cc(Cl)ccc3n2)cc1. The third-order valence-corrected chi connectivity index (χ3v) is 3.86. The molecule has 0 aliphatic rings. The van der Waals surface area contributed by atoms with Crippen LogP contribution in [0.5, 0.6) is 5.75 Å². The number of amides is 1. The number of carbonyl (C=O) groups is 1. The van der Waals surface area contributed by atoms with Gasteiger partial charge in [0.05, 0.1) is 17.3 Å². The van der Waals surface area contributed by atoms with Crippen LogP contribution in [0.2, 0.25) is 5.02 Å². The van der Waals surface area contributed by atoms with Gasteiger partial charge in [-0.05, 0) is 36.2 Å². The van der Waals surface area contributed by atoms with Gasteiger partial charge < -0.3 is 14.5 Å². The van der Waals surface area contributed by atoms with Crippen molar-refractivity contribution in [3.8, 4) is 5.75 Å². The smallest absolute Gasteiger partial charge is 0.258 e. The molecule has 24 heavy (non-hydrogen) atoms. The second-order valence-electron chi connectivity index (χ2n) is 5.41. The number of halogens is 1. The summed E-state index contributed by atoms with van der Waals surface area (Å²) in [5, 5.41) is 3.43. The molecule has 0 radical (unpaired) electrons. The summed E-state index contributed by atoms with van der Waals surface area (Å²) in [5.41, 5.74) is 2.78. The topological polar surface area (TPSA) is 55.6 Å². The van der Waals surface area contributed by atoms with Crippen LogP contribution in [0.3, 0.4) is 0 Å². The molecule has 0 unspecified atom stereocenters. The Morgan fingerprint density at radius 2 is 2.00 bits per heavy atom. The van der Waals surface area contributed by atoms with Crippen LogP contribution in [0, 0.1) is 0 Å². The normalized spacial score (nSPS) is 10.8. The monoisotopic (exact) mass is 343 g/mol. The molecular formula is C18H18ClN3O2. The highest BCUT2D eigenvalue weighted by molar-refractivity contribution is 6.30. The minimum atomic E-state index is -0.190. The molecule has 0 aliphatic carbocycles. The van der Waals surface area contributed by atoms with Crippen molar-refractivity contribution in [3.63, 3.8) is 0 Å². The third-order valence-electron chi connectivity index (χ3n) is 3.63. The summed E-state index contributed by atoms with van der Waals surface area (Å²) in [6.07, 6.45) is 4.59. The summed E-state index contributed by atoms with van der Waals surface area (Å²) in [6, 6.07) is 11.3. The number of aromatic nitrogens is 2. The Kier molecular flexibility index (Phi) is 5.01. The zero-order valence-corrected chi connectivity index (χ0v) is 14.1. The second kappa shape index (κ2) is 7.36. The standard InChI is InChI=1S/C18H18ClN3O2/c1-2-13-3-6-16(7-4-13)24-12-18(23)20-9-15-11-22-10-14(19)5-8-17(22)21-15/h3-8,10-11H,2,9,12H2,1H3,(H,20,23). The number of ether oxygens (including phenoxy) is 1. The van der Waals surface area contributed by atoms with Crippen molar-refractivity contribution in [2.75, 3.05) is 6.61 Å². The highest BCUT2D eigenvalue weighted by Gasteiger charge is 2.06. The van der Waals surface area contributed by atoms with Gasteiger partial charge in [-0.3, -0.25) is 4.79 Å². The Morgan fingerprint density at radius 3 is 2.75 bits per heavy atom. The zero-order valence-electron chi connectivity index (χ0n) is 13.3. The van der Waals surface area contributed by atoms with E-state index < -0.39 is 0 Å². The van der Waals surface area contributed by atoms with E-state index in [2.05, 4.69) is 17.2 Å². The Morgan fingerprint density at radius 1 is 1.21 bits per heavy atom. The van der Waals surface area contributed by atoms with E-state index in [-0.39, 0.29) is 12.5 Å². The van der Waals surface area contributed by atoms with Crippen molar-refractivity contribution >= 4 is 23.2 Å². The first-order valence-electron chi connectivity index (χ1n) is 7.75.